The Hall–Kier alpha value is -1.07. The highest BCUT2D eigenvalue weighted by Gasteiger charge is 2.20. The smallest absolute Gasteiger partial charge is 0.305 e. The van der Waals surface area contributed by atoms with Crippen molar-refractivity contribution in [1.29, 1.82) is 0 Å². The molecule has 0 saturated heterocycles. The summed E-state index contributed by atoms with van der Waals surface area (Å²) < 4.78 is 0.537. The van der Waals surface area contributed by atoms with Crippen LogP contribution in [-0.4, -0.2) is 23.0 Å². The molecule has 0 aliphatic carbocycles. The van der Waals surface area contributed by atoms with Gasteiger partial charge in [0.1, 0.15) is 0 Å². The van der Waals surface area contributed by atoms with Gasteiger partial charge in [-0.3, -0.25) is 9.59 Å². The quantitative estimate of drug-likeness (QED) is 0.868. The highest BCUT2D eigenvalue weighted by atomic mass is 35.5. The van der Waals surface area contributed by atoms with Crippen LogP contribution in [0.25, 0.3) is 0 Å². The normalized spacial score (nSPS) is 12.5. The molecule has 1 heterocycles. The molecular weight excluding hydrogens is 262 g/mol. The number of carbonyl (C=O) groups excluding carboxylic acids is 1. The van der Waals surface area contributed by atoms with Crippen LogP contribution in [0.1, 0.15) is 29.9 Å². The van der Waals surface area contributed by atoms with Gasteiger partial charge in [-0.05, 0) is 18.1 Å². The van der Waals surface area contributed by atoms with Gasteiger partial charge in [0.2, 0.25) is 0 Å². The Kier molecular flexibility index (Phi) is 4.96. The van der Waals surface area contributed by atoms with Crippen LogP contribution in [-0.2, 0) is 4.79 Å². The van der Waals surface area contributed by atoms with Crippen molar-refractivity contribution in [2.75, 3.05) is 0 Å². The highest BCUT2D eigenvalue weighted by molar-refractivity contribution is 7.17. The summed E-state index contributed by atoms with van der Waals surface area (Å²) in [6, 6.07) is 2.89. The predicted molar refractivity (Wildman–Crippen MR) is 67.7 cm³/mol. The summed E-state index contributed by atoms with van der Waals surface area (Å²) in [7, 11) is 0. The molecule has 6 heteroatoms. The molecule has 0 saturated carbocycles. The van der Waals surface area contributed by atoms with E-state index in [0.717, 1.165) is 0 Å². The van der Waals surface area contributed by atoms with E-state index in [1.54, 1.807) is 12.1 Å². The molecule has 2 N–H and O–H groups in total. The highest BCUT2D eigenvalue weighted by Crippen LogP contribution is 2.21. The number of halogens is 1. The molecule has 1 unspecified atom stereocenters. The molecule has 0 spiro atoms. The Morgan fingerprint density at radius 1 is 1.47 bits per heavy atom. The Morgan fingerprint density at radius 3 is 2.53 bits per heavy atom. The van der Waals surface area contributed by atoms with Crippen LogP contribution in [0.4, 0.5) is 0 Å². The van der Waals surface area contributed by atoms with Gasteiger partial charge in [0.25, 0.3) is 5.91 Å². The standard InChI is InChI=1S/C11H14ClNO3S/c1-6(2)7(5-10(14)15)13-11(16)8-3-4-9(12)17-8/h3-4,6-7H,5H2,1-2H3,(H,13,16)(H,14,15). The van der Waals surface area contributed by atoms with E-state index >= 15 is 0 Å². The van der Waals surface area contributed by atoms with Crippen molar-refractivity contribution in [3.05, 3.63) is 21.3 Å². The average molecular weight is 276 g/mol. The summed E-state index contributed by atoms with van der Waals surface area (Å²) >= 11 is 6.91. The number of carbonyl (C=O) groups is 2. The molecule has 0 fully saturated rings. The third-order valence-corrected chi connectivity index (χ3v) is 3.54. The molecule has 1 atom stereocenters. The van der Waals surface area contributed by atoms with E-state index in [1.165, 1.54) is 11.3 Å². The van der Waals surface area contributed by atoms with E-state index in [2.05, 4.69) is 5.32 Å². The minimum atomic E-state index is -0.923. The number of aliphatic carboxylic acids is 1. The molecule has 4 nitrogen and oxygen atoms in total. The topological polar surface area (TPSA) is 66.4 Å². The van der Waals surface area contributed by atoms with Crippen LogP contribution in [0.5, 0.6) is 0 Å². The zero-order chi connectivity index (χ0) is 13.0. The van der Waals surface area contributed by atoms with Crippen molar-refractivity contribution in [1.82, 2.24) is 5.32 Å². The Balaban J connectivity index is 2.67. The van der Waals surface area contributed by atoms with Gasteiger partial charge in [0.05, 0.1) is 15.6 Å². The van der Waals surface area contributed by atoms with Crippen molar-refractivity contribution in [3.8, 4) is 0 Å². The predicted octanol–water partition coefficient (Wildman–Crippen LogP) is 2.63. The minimum Gasteiger partial charge on any atom is -0.481 e. The van der Waals surface area contributed by atoms with Crippen LogP contribution < -0.4 is 5.32 Å². The zero-order valence-corrected chi connectivity index (χ0v) is 11.1. The maximum atomic E-state index is 11.8. The van der Waals surface area contributed by atoms with E-state index in [0.29, 0.717) is 9.21 Å². The zero-order valence-electron chi connectivity index (χ0n) is 9.57. The molecule has 1 aromatic heterocycles. The largest absolute Gasteiger partial charge is 0.481 e. The molecule has 1 amide bonds. The molecule has 1 rings (SSSR count). The van der Waals surface area contributed by atoms with Crippen LogP contribution in [0.2, 0.25) is 4.34 Å². The van der Waals surface area contributed by atoms with Gasteiger partial charge >= 0.3 is 5.97 Å². The number of rotatable bonds is 5. The van der Waals surface area contributed by atoms with Gasteiger partial charge < -0.3 is 10.4 Å². The van der Waals surface area contributed by atoms with Crippen LogP contribution in [0, 0.1) is 5.92 Å². The monoisotopic (exact) mass is 275 g/mol. The number of carboxylic acids is 1. The maximum absolute atomic E-state index is 11.8. The second-order valence-electron chi connectivity index (χ2n) is 4.03. The van der Waals surface area contributed by atoms with Crippen molar-refractivity contribution in [2.45, 2.75) is 26.3 Å². The van der Waals surface area contributed by atoms with E-state index in [9.17, 15) is 9.59 Å². The molecule has 1 aromatic rings. The lowest BCUT2D eigenvalue weighted by Crippen LogP contribution is -2.39. The number of hydrogen-bond donors (Lipinski definition) is 2. The van der Waals surface area contributed by atoms with Gasteiger partial charge in [-0.25, -0.2) is 0 Å². The summed E-state index contributed by atoms with van der Waals surface area (Å²) in [6.07, 6.45) is -0.0808. The van der Waals surface area contributed by atoms with Gasteiger partial charge in [-0.1, -0.05) is 25.4 Å². The molecule has 94 valence electrons. The Bertz CT molecular complexity index is 417. The van der Waals surface area contributed by atoms with Gasteiger partial charge in [0, 0.05) is 6.04 Å². The SMILES string of the molecule is CC(C)C(CC(=O)O)NC(=O)c1ccc(Cl)s1. The maximum Gasteiger partial charge on any atom is 0.305 e. The number of nitrogens with one attached hydrogen (secondary N) is 1. The summed E-state index contributed by atoms with van der Waals surface area (Å²) in [5.41, 5.74) is 0. The number of thiophene rings is 1. The fourth-order valence-corrected chi connectivity index (χ4v) is 2.26. The number of amides is 1. The fraction of sp³-hybridized carbons (Fsp3) is 0.455. The lowest BCUT2D eigenvalue weighted by molar-refractivity contribution is -0.137. The van der Waals surface area contributed by atoms with E-state index in [-0.39, 0.29) is 24.3 Å². The second-order valence-corrected chi connectivity index (χ2v) is 5.74. The van der Waals surface area contributed by atoms with Crippen molar-refractivity contribution in [3.63, 3.8) is 0 Å². The van der Waals surface area contributed by atoms with Gasteiger partial charge in [-0.15, -0.1) is 11.3 Å². The summed E-state index contributed by atoms with van der Waals surface area (Å²) in [4.78, 5) is 23.0. The van der Waals surface area contributed by atoms with Crippen LogP contribution in [0.15, 0.2) is 12.1 Å². The van der Waals surface area contributed by atoms with Crippen LogP contribution in [0.3, 0.4) is 0 Å². The summed E-state index contributed by atoms with van der Waals surface area (Å²) in [5.74, 6) is -1.14. The van der Waals surface area contributed by atoms with E-state index in [4.69, 9.17) is 16.7 Å². The molecule has 0 aliphatic heterocycles. The third kappa shape index (κ3) is 4.36. The molecule has 0 bridgehead atoms. The van der Waals surface area contributed by atoms with Crippen molar-refractivity contribution < 1.29 is 14.7 Å². The molecule has 0 aliphatic rings. The number of hydrogen-bond acceptors (Lipinski definition) is 3. The fourth-order valence-electron chi connectivity index (χ4n) is 1.32. The average Bonchev–Trinajstić information content (AvgIpc) is 2.63. The van der Waals surface area contributed by atoms with Crippen LogP contribution >= 0.6 is 22.9 Å². The van der Waals surface area contributed by atoms with Crippen molar-refractivity contribution in [2.24, 2.45) is 5.92 Å². The first-order valence-corrected chi connectivity index (χ1v) is 6.37. The van der Waals surface area contributed by atoms with Gasteiger partial charge in [0.15, 0.2) is 0 Å². The van der Waals surface area contributed by atoms with Gasteiger partial charge in [-0.2, -0.15) is 0 Å². The summed E-state index contributed by atoms with van der Waals surface area (Å²) in [5, 5.41) is 11.5. The first-order valence-electron chi connectivity index (χ1n) is 5.18. The molecule has 17 heavy (non-hydrogen) atoms. The van der Waals surface area contributed by atoms with E-state index < -0.39 is 5.97 Å². The van der Waals surface area contributed by atoms with Crippen molar-refractivity contribution >= 4 is 34.8 Å². The summed E-state index contributed by atoms with van der Waals surface area (Å²) in [6.45, 7) is 3.74. The molecule has 0 radical (unpaired) electrons. The second kappa shape index (κ2) is 6.02. The molecular formula is C11H14ClNO3S. The minimum absolute atomic E-state index is 0.0606. The first-order chi connectivity index (χ1) is 7.90. The lowest BCUT2D eigenvalue weighted by atomic mass is 10.0. The Morgan fingerprint density at radius 2 is 2.12 bits per heavy atom. The first kappa shape index (κ1) is 14.0. The Labute approximate surface area is 109 Å². The third-order valence-electron chi connectivity index (χ3n) is 2.31. The van der Waals surface area contributed by atoms with E-state index in [1.807, 2.05) is 13.8 Å². The molecule has 0 aromatic carbocycles. The lowest BCUT2D eigenvalue weighted by Gasteiger charge is -2.20. The number of carboxylic acid groups (broad SMARTS) is 1.